The summed E-state index contributed by atoms with van der Waals surface area (Å²) in [5, 5.41) is 17.7. The van der Waals surface area contributed by atoms with Crippen LogP contribution in [0.2, 0.25) is 0 Å². The summed E-state index contributed by atoms with van der Waals surface area (Å²) in [4.78, 5) is 15.0. The minimum Gasteiger partial charge on any atom is -0.330 e. The fraction of sp³-hybridized carbons (Fsp3) is 0.533. The smallest absolute Gasteiger partial charge is 0.271 e. The van der Waals surface area contributed by atoms with Crippen LogP contribution in [-0.2, 0) is 13.6 Å². The highest BCUT2D eigenvalue weighted by Crippen LogP contribution is 2.21. The van der Waals surface area contributed by atoms with Gasteiger partial charge in [0.05, 0.1) is 22.5 Å². The number of imidazole rings is 1. The summed E-state index contributed by atoms with van der Waals surface area (Å²) in [6.45, 7) is 3.87. The van der Waals surface area contributed by atoms with Crippen LogP contribution in [0.1, 0.15) is 18.7 Å². The van der Waals surface area contributed by atoms with Gasteiger partial charge >= 0.3 is 0 Å². The first-order valence-corrected chi connectivity index (χ1v) is 7.66. The molecule has 3 rings (SSSR count). The topological polar surface area (TPSA) is 85.0 Å². The Morgan fingerprint density at radius 3 is 2.95 bits per heavy atom. The fourth-order valence-corrected chi connectivity index (χ4v) is 2.98. The maximum absolute atomic E-state index is 10.8. The molecule has 7 nitrogen and oxygen atoms in total. The molecule has 118 valence electrons. The zero-order valence-electron chi connectivity index (χ0n) is 12.7. The third-order valence-corrected chi connectivity index (χ3v) is 4.34. The van der Waals surface area contributed by atoms with E-state index in [2.05, 4.69) is 15.6 Å². The van der Waals surface area contributed by atoms with Crippen molar-refractivity contribution in [2.45, 2.75) is 19.4 Å². The van der Waals surface area contributed by atoms with Gasteiger partial charge in [0, 0.05) is 19.2 Å². The Morgan fingerprint density at radius 2 is 2.23 bits per heavy atom. The first kappa shape index (κ1) is 14.9. The largest absolute Gasteiger partial charge is 0.330 e. The summed E-state index contributed by atoms with van der Waals surface area (Å²) in [6.07, 6.45) is 2.42. The molecule has 2 heterocycles. The molecule has 0 radical (unpaired) electrons. The molecule has 1 saturated heterocycles. The number of fused-ring (bicyclic) bond motifs is 1. The van der Waals surface area contributed by atoms with Gasteiger partial charge in [-0.05, 0) is 44.5 Å². The van der Waals surface area contributed by atoms with Crippen molar-refractivity contribution in [2.24, 2.45) is 13.0 Å². The zero-order chi connectivity index (χ0) is 15.5. The van der Waals surface area contributed by atoms with Crippen LogP contribution >= 0.6 is 0 Å². The van der Waals surface area contributed by atoms with Crippen molar-refractivity contribution in [1.29, 1.82) is 0 Å². The Bertz CT molecular complexity index is 676. The van der Waals surface area contributed by atoms with Crippen LogP contribution in [0.25, 0.3) is 11.0 Å². The lowest BCUT2D eigenvalue weighted by atomic mass is 9.98. The van der Waals surface area contributed by atoms with Crippen LogP contribution in [0.4, 0.5) is 5.69 Å². The first-order valence-electron chi connectivity index (χ1n) is 7.66. The molecule has 2 aromatic rings. The molecule has 0 saturated carbocycles. The van der Waals surface area contributed by atoms with Gasteiger partial charge in [0.2, 0.25) is 0 Å². The normalized spacial score (nSPS) is 16.2. The molecule has 1 aromatic carbocycles. The summed E-state index contributed by atoms with van der Waals surface area (Å²) < 4.78 is 1.99. The average Bonchev–Trinajstić information content (AvgIpc) is 2.84. The Hall–Kier alpha value is -1.99. The van der Waals surface area contributed by atoms with Gasteiger partial charge < -0.3 is 15.2 Å². The number of nitro benzene ring substituents is 1. The Labute approximate surface area is 128 Å². The van der Waals surface area contributed by atoms with Gasteiger partial charge in [0.15, 0.2) is 0 Å². The lowest BCUT2D eigenvalue weighted by Crippen LogP contribution is -2.33. The second kappa shape index (κ2) is 6.41. The van der Waals surface area contributed by atoms with E-state index in [1.165, 1.54) is 25.0 Å². The van der Waals surface area contributed by atoms with E-state index in [1.807, 2.05) is 11.6 Å². The van der Waals surface area contributed by atoms with Crippen molar-refractivity contribution in [2.75, 3.05) is 19.6 Å². The van der Waals surface area contributed by atoms with Crippen molar-refractivity contribution >= 4 is 16.7 Å². The van der Waals surface area contributed by atoms with Crippen molar-refractivity contribution in [3.05, 3.63) is 34.1 Å². The summed E-state index contributed by atoms with van der Waals surface area (Å²) in [7, 11) is 1.95. The van der Waals surface area contributed by atoms with Crippen LogP contribution in [0.5, 0.6) is 0 Å². The maximum atomic E-state index is 10.8. The highest BCUT2D eigenvalue weighted by molar-refractivity contribution is 5.78. The summed E-state index contributed by atoms with van der Waals surface area (Å²) in [5.74, 6) is 1.63. The predicted octanol–water partition coefficient (Wildman–Crippen LogP) is 1.57. The van der Waals surface area contributed by atoms with Crippen LogP contribution in [0.15, 0.2) is 18.2 Å². The molecular weight excluding hydrogens is 282 g/mol. The Morgan fingerprint density at radius 1 is 1.45 bits per heavy atom. The van der Waals surface area contributed by atoms with E-state index in [0.29, 0.717) is 12.1 Å². The van der Waals surface area contributed by atoms with Gasteiger partial charge in [-0.3, -0.25) is 10.1 Å². The van der Waals surface area contributed by atoms with E-state index in [-0.39, 0.29) is 10.6 Å². The first-order chi connectivity index (χ1) is 10.6. The molecule has 22 heavy (non-hydrogen) atoms. The van der Waals surface area contributed by atoms with Gasteiger partial charge in [-0.1, -0.05) is 0 Å². The SMILES string of the molecule is Cn1c(CNCC2CCNCC2)nc2cc([N+](=O)[O-])ccc21. The van der Waals surface area contributed by atoms with Gasteiger partial charge in [-0.15, -0.1) is 0 Å². The number of hydrogen-bond acceptors (Lipinski definition) is 5. The van der Waals surface area contributed by atoms with Crippen LogP contribution in [0.3, 0.4) is 0 Å². The van der Waals surface area contributed by atoms with E-state index >= 15 is 0 Å². The molecule has 0 spiro atoms. The molecule has 0 unspecified atom stereocenters. The van der Waals surface area contributed by atoms with E-state index in [1.54, 1.807) is 6.07 Å². The number of hydrogen-bond donors (Lipinski definition) is 2. The number of benzene rings is 1. The molecule has 0 amide bonds. The molecular formula is C15H21N5O2. The molecule has 1 fully saturated rings. The van der Waals surface area contributed by atoms with E-state index in [9.17, 15) is 10.1 Å². The average molecular weight is 303 g/mol. The molecule has 0 bridgehead atoms. The number of nitrogens with one attached hydrogen (secondary N) is 2. The van der Waals surface area contributed by atoms with Gasteiger partial charge in [0.25, 0.3) is 5.69 Å². The monoisotopic (exact) mass is 303 g/mol. The number of aryl methyl sites for hydroxylation is 1. The second-order valence-corrected chi connectivity index (χ2v) is 5.84. The third-order valence-electron chi connectivity index (χ3n) is 4.34. The predicted molar refractivity (Wildman–Crippen MR) is 84.7 cm³/mol. The number of non-ortho nitro benzene ring substituents is 1. The van der Waals surface area contributed by atoms with Gasteiger partial charge in [0.1, 0.15) is 5.82 Å². The Balaban J connectivity index is 1.68. The lowest BCUT2D eigenvalue weighted by Gasteiger charge is -2.22. The molecule has 1 aliphatic rings. The second-order valence-electron chi connectivity index (χ2n) is 5.84. The van der Waals surface area contributed by atoms with Crippen LogP contribution in [-0.4, -0.2) is 34.1 Å². The number of nitrogens with zero attached hydrogens (tertiary/aromatic N) is 3. The quantitative estimate of drug-likeness (QED) is 0.647. The maximum Gasteiger partial charge on any atom is 0.271 e. The van der Waals surface area contributed by atoms with Crippen LogP contribution < -0.4 is 10.6 Å². The van der Waals surface area contributed by atoms with Crippen molar-refractivity contribution in [3.8, 4) is 0 Å². The molecule has 2 N–H and O–H groups in total. The van der Waals surface area contributed by atoms with Crippen molar-refractivity contribution in [3.63, 3.8) is 0 Å². The highest BCUT2D eigenvalue weighted by Gasteiger charge is 2.14. The fourth-order valence-electron chi connectivity index (χ4n) is 2.98. The third kappa shape index (κ3) is 3.10. The van der Waals surface area contributed by atoms with E-state index in [4.69, 9.17) is 0 Å². The zero-order valence-corrected chi connectivity index (χ0v) is 12.7. The highest BCUT2D eigenvalue weighted by atomic mass is 16.6. The lowest BCUT2D eigenvalue weighted by molar-refractivity contribution is -0.384. The van der Waals surface area contributed by atoms with E-state index in [0.717, 1.165) is 36.9 Å². The Kier molecular flexibility index (Phi) is 4.35. The minimum atomic E-state index is -0.386. The molecule has 0 aliphatic carbocycles. The summed E-state index contributed by atoms with van der Waals surface area (Å²) in [6, 6.07) is 4.82. The van der Waals surface area contributed by atoms with Crippen molar-refractivity contribution < 1.29 is 4.92 Å². The standard InChI is InChI=1S/C15H21N5O2/c1-19-14-3-2-12(20(21)22)8-13(14)18-15(19)10-17-9-11-4-6-16-7-5-11/h2-3,8,11,16-17H,4-7,9-10H2,1H3. The van der Waals surface area contributed by atoms with Gasteiger partial charge in [-0.25, -0.2) is 4.98 Å². The molecule has 1 aromatic heterocycles. The van der Waals surface area contributed by atoms with E-state index < -0.39 is 0 Å². The summed E-state index contributed by atoms with van der Waals surface area (Å²) in [5.41, 5.74) is 1.68. The molecule has 7 heteroatoms. The molecule has 0 atom stereocenters. The number of rotatable bonds is 5. The van der Waals surface area contributed by atoms with Gasteiger partial charge in [-0.2, -0.15) is 0 Å². The number of nitro groups is 1. The summed E-state index contributed by atoms with van der Waals surface area (Å²) >= 11 is 0. The van der Waals surface area contributed by atoms with Crippen molar-refractivity contribution in [1.82, 2.24) is 20.2 Å². The molecule has 1 aliphatic heterocycles. The van der Waals surface area contributed by atoms with Crippen LogP contribution in [0, 0.1) is 16.0 Å². The minimum absolute atomic E-state index is 0.0832. The number of piperidine rings is 1. The number of aromatic nitrogens is 2.